The minimum Gasteiger partial charge on any atom is -0.549 e. The van der Waals surface area contributed by atoms with Crippen LogP contribution in [0.3, 0.4) is 0 Å². The summed E-state index contributed by atoms with van der Waals surface area (Å²) in [6, 6.07) is 2.87. The summed E-state index contributed by atoms with van der Waals surface area (Å²) >= 11 is 0.692. The number of carboxylic acid groups (broad SMARTS) is 1. The Morgan fingerprint density at radius 3 is 2.77 bits per heavy atom. The average Bonchev–Trinajstić information content (AvgIpc) is 2.06. The molecule has 70 valence electrons. The molecule has 0 heterocycles. The first kappa shape index (κ1) is 9.98. The summed E-state index contributed by atoms with van der Waals surface area (Å²) in [5, 5.41) is 10.0. The van der Waals surface area contributed by atoms with Gasteiger partial charge in [0.1, 0.15) is 11.6 Å². The predicted octanol–water partition coefficient (Wildman–Crippen LogP) is 0.807. The zero-order chi connectivity index (χ0) is 9.84. The molecule has 0 radical (unpaired) electrons. The van der Waals surface area contributed by atoms with Gasteiger partial charge in [0.25, 0.3) is 0 Å². The Bertz CT molecular complexity index is 328. The number of hydrogen-bond acceptors (Lipinski definition) is 3. The molecule has 2 nitrogen and oxygen atoms in total. The van der Waals surface area contributed by atoms with Crippen molar-refractivity contribution in [2.45, 2.75) is 4.90 Å². The third-order valence-electron chi connectivity index (χ3n) is 1.24. The quantitative estimate of drug-likeness (QED) is 0.682. The van der Waals surface area contributed by atoms with Crippen LogP contribution in [0.15, 0.2) is 23.1 Å². The molecule has 0 amide bonds. The summed E-state index contributed by atoms with van der Waals surface area (Å²) in [6.07, 6.45) is 0. The molecule has 0 spiro atoms. The van der Waals surface area contributed by atoms with Gasteiger partial charge in [-0.1, -0.05) is 0 Å². The fourth-order valence-corrected chi connectivity index (χ4v) is 1.40. The number of hydrogen-bond donors (Lipinski definition) is 0. The van der Waals surface area contributed by atoms with E-state index in [-0.39, 0.29) is 10.6 Å². The van der Waals surface area contributed by atoms with Crippen LogP contribution in [0.1, 0.15) is 0 Å². The van der Waals surface area contributed by atoms with E-state index in [2.05, 4.69) is 0 Å². The van der Waals surface area contributed by atoms with Gasteiger partial charge in [-0.05, 0) is 18.2 Å². The minimum atomic E-state index is -1.31. The molecule has 5 heteroatoms. The van der Waals surface area contributed by atoms with E-state index in [1.54, 1.807) is 0 Å². The van der Waals surface area contributed by atoms with Crippen LogP contribution in [-0.2, 0) is 4.79 Å². The van der Waals surface area contributed by atoms with Gasteiger partial charge in [0, 0.05) is 10.6 Å². The molecule has 0 saturated heterocycles. The van der Waals surface area contributed by atoms with E-state index in [0.717, 1.165) is 18.2 Å². The van der Waals surface area contributed by atoms with Crippen molar-refractivity contribution < 1.29 is 18.7 Å². The first-order valence-corrected chi connectivity index (χ1v) is 4.36. The average molecular weight is 203 g/mol. The second-order valence-electron chi connectivity index (χ2n) is 2.24. The minimum absolute atomic E-state index is 0.0239. The number of carboxylic acids is 1. The van der Waals surface area contributed by atoms with Crippen molar-refractivity contribution in [1.82, 2.24) is 0 Å². The molecule has 0 N–H and O–H groups in total. The molecule has 0 aromatic heterocycles. The Balaban J connectivity index is 2.75. The van der Waals surface area contributed by atoms with E-state index in [1.165, 1.54) is 0 Å². The predicted molar refractivity (Wildman–Crippen MR) is 42.1 cm³/mol. The number of carbonyl (C=O) groups excluding carboxylic acids is 1. The van der Waals surface area contributed by atoms with Gasteiger partial charge in [-0.3, -0.25) is 0 Å². The summed E-state index contributed by atoms with van der Waals surface area (Å²) in [5.74, 6) is -2.93. The van der Waals surface area contributed by atoms with Crippen molar-refractivity contribution in [3.05, 3.63) is 29.8 Å². The maximum atomic E-state index is 12.8. The molecule has 0 bridgehead atoms. The Morgan fingerprint density at radius 1 is 1.46 bits per heavy atom. The van der Waals surface area contributed by atoms with Crippen LogP contribution in [0, 0.1) is 11.6 Å². The van der Waals surface area contributed by atoms with Crippen LogP contribution in [0.25, 0.3) is 0 Å². The maximum Gasteiger partial charge on any atom is 0.136 e. The monoisotopic (exact) mass is 203 g/mol. The van der Waals surface area contributed by atoms with Gasteiger partial charge in [-0.15, -0.1) is 11.8 Å². The zero-order valence-corrected chi connectivity index (χ0v) is 7.24. The number of halogens is 2. The fraction of sp³-hybridized carbons (Fsp3) is 0.125. The highest BCUT2D eigenvalue weighted by atomic mass is 32.2. The van der Waals surface area contributed by atoms with Crippen molar-refractivity contribution in [3.8, 4) is 0 Å². The summed E-state index contributed by atoms with van der Waals surface area (Å²) in [5.41, 5.74) is 0. The molecular weight excluding hydrogens is 198 g/mol. The van der Waals surface area contributed by atoms with E-state index < -0.39 is 17.6 Å². The lowest BCUT2D eigenvalue weighted by atomic mass is 10.3. The third-order valence-corrected chi connectivity index (χ3v) is 2.24. The lowest BCUT2D eigenvalue weighted by molar-refractivity contribution is -0.301. The van der Waals surface area contributed by atoms with Crippen molar-refractivity contribution in [3.63, 3.8) is 0 Å². The molecule has 0 fully saturated rings. The van der Waals surface area contributed by atoms with Crippen LogP contribution < -0.4 is 5.11 Å². The molecule has 1 rings (SSSR count). The van der Waals surface area contributed by atoms with Gasteiger partial charge in [-0.2, -0.15) is 0 Å². The smallest absolute Gasteiger partial charge is 0.136 e. The Hall–Kier alpha value is -1.10. The SMILES string of the molecule is O=C([O-])CSc1cc(F)ccc1F. The van der Waals surface area contributed by atoms with Crippen LogP contribution in [0.2, 0.25) is 0 Å². The van der Waals surface area contributed by atoms with Crippen LogP contribution in [0.5, 0.6) is 0 Å². The van der Waals surface area contributed by atoms with E-state index in [4.69, 9.17) is 0 Å². The highest BCUT2D eigenvalue weighted by molar-refractivity contribution is 8.00. The second kappa shape index (κ2) is 4.23. The van der Waals surface area contributed by atoms with Crippen molar-refractivity contribution in [2.24, 2.45) is 0 Å². The molecule has 0 aliphatic heterocycles. The van der Waals surface area contributed by atoms with Gasteiger partial charge in [0.05, 0.1) is 5.97 Å². The second-order valence-corrected chi connectivity index (χ2v) is 3.25. The fourth-order valence-electron chi connectivity index (χ4n) is 0.724. The number of thioether (sulfide) groups is 1. The van der Waals surface area contributed by atoms with E-state index in [0.29, 0.717) is 11.8 Å². The third kappa shape index (κ3) is 3.02. The largest absolute Gasteiger partial charge is 0.549 e. The molecule has 0 atom stereocenters. The molecule has 0 aliphatic carbocycles. The topological polar surface area (TPSA) is 40.1 Å². The van der Waals surface area contributed by atoms with Crippen LogP contribution in [-0.4, -0.2) is 11.7 Å². The van der Waals surface area contributed by atoms with E-state index in [9.17, 15) is 18.7 Å². The van der Waals surface area contributed by atoms with Crippen LogP contribution >= 0.6 is 11.8 Å². The summed E-state index contributed by atoms with van der Waals surface area (Å²) in [7, 11) is 0. The molecule has 0 saturated carbocycles. The van der Waals surface area contributed by atoms with Gasteiger partial charge in [0.15, 0.2) is 0 Å². The van der Waals surface area contributed by atoms with Crippen LogP contribution in [0.4, 0.5) is 8.78 Å². The normalized spacial score (nSPS) is 10.0. The van der Waals surface area contributed by atoms with Gasteiger partial charge >= 0.3 is 0 Å². The van der Waals surface area contributed by atoms with Crippen molar-refractivity contribution >= 4 is 17.7 Å². The lowest BCUT2D eigenvalue weighted by Crippen LogP contribution is -2.24. The number of benzene rings is 1. The van der Waals surface area contributed by atoms with Crippen molar-refractivity contribution in [1.29, 1.82) is 0 Å². The molecular formula is C8H5F2O2S-. The molecule has 0 aliphatic rings. The van der Waals surface area contributed by atoms with Gasteiger partial charge in [0.2, 0.25) is 0 Å². The lowest BCUT2D eigenvalue weighted by Gasteiger charge is -2.03. The molecule has 0 unspecified atom stereocenters. The number of rotatable bonds is 3. The van der Waals surface area contributed by atoms with E-state index in [1.807, 2.05) is 0 Å². The number of carbonyl (C=O) groups is 1. The number of aliphatic carboxylic acids is 1. The first-order valence-electron chi connectivity index (χ1n) is 3.37. The molecule has 1 aromatic rings. The first-order chi connectivity index (χ1) is 6.09. The zero-order valence-electron chi connectivity index (χ0n) is 6.42. The Morgan fingerprint density at radius 2 is 2.15 bits per heavy atom. The maximum absolute atomic E-state index is 12.8. The summed E-state index contributed by atoms with van der Waals surface area (Å²) < 4.78 is 25.3. The van der Waals surface area contributed by atoms with E-state index >= 15 is 0 Å². The highest BCUT2D eigenvalue weighted by Crippen LogP contribution is 2.21. The standard InChI is InChI=1S/C8H6F2O2S/c9-5-1-2-6(10)7(3-5)13-4-8(11)12/h1-3H,4H2,(H,11,12)/p-1. The summed E-state index contributed by atoms with van der Waals surface area (Å²) in [4.78, 5) is 10.00. The Kier molecular flexibility index (Phi) is 3.25. The summed E-state index contributed by atoms with van der Waals surface area (Å²) in [6.45, 7) is 0. The Labute approximate surface area is 77.6 Å². The highest BCUT2D eigenvalue weighted by Gasteiger charge is 2.03. The molecule has 13 heavy (non-hydrogen) atoms. The van der Waals surface area contributed by atoms with Crippen molar-refractivity contribution in [2.75, 3.05) is 5.75 Å². The molecule has 1 aromatic carbocycles. The van der Waals surface area contributed by atoms with Gasteiger partial charge in [-0.25, -0.2) is 8.78 Å². The van der Waals surface area contributed by atoms with Gasteiger partial charge < -0.3 is 9.90 Å².